The molecule has 0 radical (unpaired) electrons. The molecule has 6 rings (SSSR count). The summed E-state index contributed by atoms with van der Waals surface area (Å²) < 4.78 is 10.5. The Bertz CT molecular complexity index is 2830. The molecule has 65 heavy (non-hydrogen) atoms. The number of aromatic nitrogens is 2. The summed E-state index contributed by atoms with van der Waals surface area (Å²) in [5.74, 6) is -0.848. The van der Waals surface area contributed by atoms with Crippen molar-refractivity contribution in [3.8, 4) is 0 Å². The van der Waals surface area contributed by atoms with Crippen LogP contribution < -0.4 is 9.97 Å². The molecule has 0 atom stereocenters. The number of esters is 2. The number of hydrogen-bond donors (Lipinski definition) is 0. The molecular formula is C50H56N6O8Pd. The van der Waals surface area contributed by atoms with Crippen molar-refractivity contribution in [3.05, 3.63) is 162 Å². The van der Waals surface area contributed by atoms with Crippen molar-refractivity contribution in [2.24, 2.45) is 9.98 Å². The zero-order valence-electron chi connectivity index (χ0n) is 40.0. The predicted molar refractivity (Wildman–Crippen MR) is 250 cm³/mol. The van der Waals surface area contributed by atoms with E-state index in [0.29, 0.717) is 90.1 Å². The summed E-state index contributed by atoms with van der Waals surface area (Å²) in [6.45, 7) is 30.0. The van der Waals surface area contributed by atoms with Crippen LogP contribution in [0, 0.1) is 89.5 Å². The van der Waals surface area contributed by atoms with Gasteiger partial charge in [0, 0.05) is 11.1 Å². The number of carbonyl (C=O) groups excluding carboxylic acids is 2. The first-order valence-corrected chi connectivity index (χ1v) is 21.1. The maximum Gasteiger partial charge on any atom is 2.00 e. The van der Waals surface area contributed by atoms with Crippen molar-refractivity contribution < 1.29 is 49.3 Å². The predicted octanol–water partition coefficient (Wildman–Crippen LogP) is 10.4. The number of carbonyl (C=O) groups is 2. The van der Waals surface area contributed by atoms with Crippen LogP contribution in [0.25, 0.3) is 11.1 Å². The molecule has 0 aliphatic carbocycles. The van der Waals surface area contributed by atoms with Gasteiger partial charge in [0.25, 0.3) is 11.4 Å². The topological polar surface area (TPSA) is 192 Å². The third-order valence-corrected chi connectivity index (χ3v) is 11.5. The van der Waals surface area contributed by atoms with Gasteiger partial charge in [-0.15, -0.1) is 17.1 Å². The summed E-state index contributed by atoms with van der Waals surface area (Å²) in [6.07, 6.45) is 0. The summed E-state index contributed by atoms with van der Waals surface area (Å²) in [5, 5.41) is 23.4. The largest absolute Gasteiger partial charge is 2.00 e. The summed E-state index contributed by atoms with van der Waals surface area (Å²) in [7, 11) is 0. The molecule has 14 nitrogen and oxygen atoms in total. The van der Waals surface area contributed by atoms with Crippen molar-refractivity contribution in [2.75, 3.05) is 13.2 Å². The fraction of sp³-hybridized carbons (Fsp3) is 0.360. The number of benzene rings is 2. The minimum atomic E-state index is -0.424. The van der Waals surface area contributed by atoms with Crippen LogP contribution in [0.1, 0.15) is 130 Å². The maximum absolute atomic E-state index is 12.6. The zero-order chi connectivity index (χ0) is 47.8. The Morgan fingerprint density at radius 1 is 0.569 bits per heavy atom. The molecule has 2 aromatic heterocycles. The van der Waals surface area contributed by atoms with Crippen molar-refractivity contribution >= 4 is 40.2 Å². The molecule has 0 saturated heterocycles. The van der Waals surface area contributed by atoms with E-state index >= 15 is 0 Å². The fourth-order valence-electron chi connectivity index (χ4n) is 9.14. The first-order valence-electron chi connectivity index (χ1n) is 21.1. The molecule has 4 aromatic rings. The standard InChI is InChI=1S/2C25H29N3O4.Pd/c2*1-9-32-25(29)20-15(5)22(26-17(20)7)21(19-13(3)10-12(2)11-14(19)4)23-16(6)24(28(30)31)18(8)27-23;/h2*10-11H,9H2,1-8H3,(H,26,27,29);/q;;+2/p-2. The number of aryl methyl sites for hydroxylation is 8. The average Bonchev–Trinajstić information content (AvgIpc) is 3.85. The van der Waals surface area contributed by atoms with Crippen molar-refractivity contribution in [1.82, 2.24) is 9.97 Å². The second kappa shape index (κ2) is 20.3. The quantitative estimate of drug-likeness (QED) is 0.0639. The van der Waals surface area contributed by atoms with E-state index in [1.165, 1.54) is 0 Å². The van der Waals surface area contributed by atoms with Crippen molar-refractivity contribution in [1.29, 1.82) is 0 Å². The second-order valence-corrected chi connectivity index (χ2v) is 16.4. The number of hydrogen-bond acceptors (Lipinski definition) is 10. The first kappa shape index (κ1) is 51.3. The van der Waals surface area contributed by atoms with Crippen LogP contribution in [0.4, 0.5) is 5.69 Å². The summed E-state index contributed by atoms with van der Waals surface area (Å²) in [6, 6.07) is 8.27. The van der Waals surface area contributed by atoms with E-state index in [1.807, 2.05) is 55.4 Å². The summed E-state index contributed by atoms with van der Waals surface area (Å²) in [4.78, 5) is 66.6. The van der Waals surface area contributed by atoms with Crippen LogP contribution in [0.2, 0.25) is 0 Å². The van der Waals surface area contributed by atoms with Crippen LogP contribution in [-0.2, 0) is 34.7 Å². The summed E-state index contributed by atoms with van der Waals surface area (Å²) in [5.41, 5.74) is 16.8. The van der Waals surface area contributed by atoms with Gasteiger partial charge in [-0.25, -0.2) is 14.6 Å². The Morgan fingerprint density at radius 2 is 0.985 bits per heavy atom. The van der Waals surface area contributed by atoms with E-state index in [-0.39, 0.29) is 45.0 Å². The van der Waals surface area contributed by atoms with Gasteiger partial charge in [0.2, 0.25) is 0 Å². The molecule has 0 N–H and O–H groups in total. The summed E-state index contributed by atoms with van der Waals surface area (Å²) >= 11 is 0. The van der Waals surface area contributed by atoms with Gasteiger partial charge in [0.1, 0.15) is 5.71 Å². The monoisotopic (exact) mass is 974 g/mol. The van der Waals surface area contributed by atoms with Crippen molar-refractivity contribution in [3.63, 3.8) is 0 Å². The van der Waals surface area contributed by atoms with Gasteiger partial charge in [0.15, 0.2) is 0 Å². The SMILES string of the molecule is CCOC(=O)C1=C(C)/C(=C(/c2[n-]c(C)c([N+](=O)[O-])c2C)c2c(C)cc(C)cc2C)N=C1C.CCOC(=O)c1c(C)[n-]c(/C(=C2\N=C(C)C([N+](=O)[O-])=C2C)c2c(C)cc(C)cc2C)c1C.[Pd+2]. The van der Waals surface area contributed by atoms with Gasteiger partial charge in [-0.05, 0) is 147 Å². The molecule has 0 fully saturated rings. The number of nitrogens with zero attached hydrogens (tertiary/aromatic N) is 6. The van der Waals surface area contributed by atoms with Gasteiger partial charge >= 0.3 is 32.4 Å². The smallest absolute Gasteiger partial charge is 0.660 e. The number of ether oxygens (including phenoxy) is 2. The molecule has 0 saturated carbocycles. The molecule has 4 heterocycles. The first-order chi connectivity index (χ1) is 30.0. The second-order valence-electron chi connectivity index (χ2n) is 16.4. The maximum atomic E-state index is 12.6. The Balaban J connectivity index is 0.000000280. The number of rotatable bonds is 10. The van der Waals surface area contributed by atoms with Gasteiger partial charge in [-0.2, -0.15) is 0 Å². The number of allylic oxidation sites excluding steroid dienone is 3. The van der Waals surface area contributed by atoms with Gasteiger partial charge in [0.05, 0.1) is 51.3 Å². The zero-order valence-corrected chi connectivity index (χ0v) is 41.5. The van der Waals surface area contributed by atoms with Gasteiger partial charge in [-0.1, -0.05) is 60.5 Å². The third-order valence-electron chi connectivity index (χ3n) is 11.5. The molecule has 0 amide bonds. The van der Waals surface area contributed by atoms with Crippen LogP contribution in [0.15, 0.2) is 68.1 Å². The van der Waals surface area contributed by atoms with Crippen LogP contribution in [0.5, 0.6) is 0 Å². The molecule has 2 aromatic carbocycles. The molecule has 0 unspecified atom stereocenters. The molecule has 15 heteroatoms. The minimum absolute atomic E-state index is 0. The third kappa shape index (κ3) is 9.72. The van der Waals surface area contributed by atoms with E-state index in [0.717, 1.165) is 44.5 Å². The van der Waals surface area contributed by atoms with Gasteiger partial charge < -0.3 is 19.4 Å². The van der Waals surface area contributed by atoms with E-state index in [2.05, 4.69) is 34.2 Å². The number of aliphatic imine (C=N–C) groups is 2. The minimum Gasteiger partial charge on any atom is -0.660 e. The molecule has 344 valence electrons. The molecule has 0 bridgehead atoms. The average molecular weight is 975 g/mol. The Hall–Kier alpha value is -6.30. The molecule has 2 aliphatic rings. The number of nitro groups is 2. The molecule has 0 spiro atoms. The van der Waals surface area contributed by atoms with Crippen LogP contribution in [-0.4, -0.2) is 46.4 Å². The van der Waals surface area contributed by atoms with E-state index in [9.17, 15) is 29.8 Å². The van der Waals surface area contributed by atoms with E-state index in [4.69, 9.17) is 19.5 Å². The van der Waals surface area contributed by atoms with Crippen LogP contribution in [0.3, 0.4) is 0 Å². The van der Waals surface area contributed by atoms with Gasteiger partial charge in [-0.3, -0.25) is 25.2 Å². The van der Waals surface area contributed by atoms with Crippen molar-refractivity contribution in [2.45, 2.75) is 111 Å². The molecule has 2 aliphatic heterocycles. The van der Waals surface area contributed by atoms with Crippen LogP contribution >= 0.6 is 0 Å². The van der Waals surface area contributed by atoms with E-state index < -0.39 is 21.8 Å². The van der Waals surface area contributed by atoms with E-state index in [1.54, 1.807) is 55.4 Å². The Kier molecular flexibility index (Phi) is 16.0. The Labute approximate surface area is 394 Å². The Morgan fingerprint density at radius 3 is 1.40 bits per heavy atom. The molecular weight excluding hydrogens is 919 g/mol. The normalized spacial score (nSPS) is 15.0. The fourth-order valence-corrected chi connectivity index (χ4v) is 9.14.